The third-order valence-corrected chi connectivity index (χ3v) is 4.40. The number of rotatable bonds is 5. The van der Waals surface area contributed by atoms with Gasteiger partial charge in [0.25, 0.3) is 0 Å². The number of hydrogen-bond donors (Lipinski definition) is 2. The molecule has 3 rings (SSSR count). The molecule has 1 fully saturated rings. The molecule has 0 amide bonds. The van der Waals surface area contributed by atoms with Crippen LogP contribution in [0.4, 0.5) is 19.0 Å². The first-order chi connectivity index (χ1) is 13.6. The van der Waals surface area contributed by atoms with Crippen molar-refractivity contribution in [2.24, 2.45) is 11.7 Å². The van der Waals surface area contributed by atoms with Gasteiger partial charge in [0.1, 0.15) is 5.82 Å². The zero-order valence-electron chi connectivity index (χ0n) is 15.7. The molecule has 3 N–H and O–H groups in total. The maximum atomic E-state index is 10.6. The Labute approximate surface area is 169 Å². The standard InChI is InChI=1S/C15H19ClN4O2.C2HF3O2/c1-21-12-5-10-11(6-13(12)22-2)18-15(16)19-14(10)20-7-9(8-20)3-4-17;3-2(4,5)1(6)7/h5-6,9H,3-4,7-8,17H2,1-2H3;(H,6,7). The molecule has 0 bridgehead atoms. The molecule has 0 saturated carbocycles. The predicted octanol–water partition coefficient (Wildman–Crippen LogP) is 2.72. The number of benzene rings is 1. The second kappa shape index (κ2) is 9.31. The zero-order chi connectivity index (χ0) is 21.8. The fourth-order valence-corrected chi connectivity index (χ4v) is 2.99. The molecule has 0 atom stereocenters. The van der Waals surface area contributed by atoms with E-state index in [1.165, 1.54) is 0 Å². The molecule has 1 aliphatic heterocycles. The highest BCUT2D eigenvalue weighted by Gasteiger charge is 2.38. The lowest BCUT2D eigenvalue weighted by Gasteiger charge is -2.40. The van der Waals surface area contributed by atoms with Gasteiger partial charge in [0.05, 0.1) is 19.7 Å². The van der Waals surface area contributed by atoms with Crippen LogP contribution < -0.4 is 20.1 Å². The van der Waals surface area contributed by atoms with Gasteiger partial charge in [-0.15, -0.1) is 0 Å². The Kier molecular flexibility index (Phi) is 7.31. The SMILES string of the molecule is COc1cc2nc(Cl)nc(N3CC(CCN)C3)c2cc1OC.O=C(O)C(F)(F)F. The molecule has 1 aromatic carbocycles. The lowest BCUT2D eigenvalue weighted by Crippen LogP contribution is -2.48. The fraction of sp³-hybridized carbons (Fsp3) is 0.471. The Morgan fingerprint density at radius 1 is 1.28 bits per heavy atom. The van der Waals surface area contributed by atoms with Crippen molar-refractivity contribution >= 4 is 34.3 Å². The first-order valence-corrected chi connectivity index (χ1v) is 8.82. The van der Waals surface area contributed by atoms with Crippen molar-refractivity contribution in [1.82, 2.24) is 9.97 Å². The van der Waals surface area contributed by atoms with Crippen LogP contribution in [0.3, 0.4) is 0 Å². The lowest BCUT2D eigenvalue weighted by atomic mass is 9.96. The van der Waals surface area contributed by atoms with Crippen molar-refractivity contribution in [3.63, 3.8) is 0 Å². The quantitative estimate of drug-likeness (QED) is 0.688. The second-order valence-electron chi connectivity index (χ2n) is 6.19. The van der Waals surface area contributed by atoms with Crippen LogP contribution in [0.1, 0.15) is 6.42 Å². The van der Waals surface area contributed by atoms with E-state index in [0.717, 1.165) is 42.8 Å². The van der Waals surface area contributed by atoms with Crippen LogP contribution in [0.25, 0.3) is 10.9 Å². The molecule has 1 aromatic heterocycles. The number of fused-ring (bicyclic) bond motifs is 1. The summed E-state index contributed by atoms with van der Waals surface area (Å²) in [5, 5.41) is 8.27. The molecular formula is C17H20ClF3N4O4. The zero-order valence-corrected chi connectivity index (χ0v) is 16.4. The molecular weight excluding hydrogens is 417 g/mol. The Hall–Kier alpha value is -2.53. The maximum absolute atomic E-state index is 10.6. The van der Waals surface area contributed by atoms with E-state index in [9.17, 15) is 13.2 Å². The van der Waals surface area contributed by atoms with Crippen LogP contribution >= 0.6 is 11.6 Å². The number of methoxy groups -OCH3 is 2. The summed E-state index contributed by atoms with van der Waals surface area (Å²) < 4.78 is 42.4. The molecule has 0 spiro atoms. The highest BCUT2D eigenvalue weighted by molar-refractivity contribution is 6.28. The van der Waals surface area contributed by atoms with Gasteiger partial charge < -0.3 is 25.2 Å². The number of carboxylic acids is 1. The average Bonchev–Trinajstić information content (AvgIpc) is 2.62. The lowest BCUT2D eigenvalue weighted by molar-refractivity contribution is -0.192. The van der Waals surface area contributed by atoms with E-state index >= 15 is 0 Å². The van der Waals surface area contributed by atoms with Gasteiger partial charge in [0.15, 0.2) is 11.5 Å². The summed E-state index contributed by atoms with van der Waals surface area (Å²) in [7, 11) is 3.21. The molecule has 0 aliphatic carbocycles. The number of nitrogens with two attached hydrogens (primary N) is 1. The van der Waals surface area contributed by atoms with Crippen molar-refractivity contribution in [3.05, 3.63) is 17.4 Å². The van der Waals surface area contributed by atoms with Gasteiger partial charge in [0, 0.05) is 24.5 Å². The summed E-state index contributed by atoms with van der Waals surface area (Å²) in [6.45, 7) is 2.59. The van der Waals surface area contributed by atoms with Gasteiger partial charge in [-0.25, -0.2) is 9.78 Å². The monoisotopic (exact) mass is 436 g/mol. The molecule has 2 heterocycles. The van der Waals surface area contributed by atoms with E-state index in [1.807, 2.05) is 12.1 Å². The number of alkyl halides is 3. The molecule has 0 unspecified atom stereocenters. The number of aromatic nitrogens is 2. The minimum absolute atomic E-state index is 0.233. The summed E-state index contributed by atoms with van der Waals surface area (Å²) in [5.74, 6) is -0.0211. The molecule has 0 radical (unpaired) electrons. The van der Waals surface area contributed by atoms with Crippen molar-refractivity contribution in [1.29, 1.82) is 0 Å². The smallest absolute Gasteiger partial charge is 0.490 e. The number of hydrogen-bond acceptors (Lipinski definition) is 7. The summed E-state index contributed by atoms with van der Waals surface area (Å²) >= 11 is 6.07. The molecule has 8 nitrogen and oxygen atoms in total. The van der Waals surface area contributed by atoms with E-state index in [0.29, 0.717) is 17.4 Å². The number of carboxylic acid groups (broad SMARTS) is 1. The van der Waals surface area contributed by atoms with Crippen molar-refractivity contribution in [2.75, 3.05) is 38.8 Å². The van der Waals surface area contributed by atoms with Crippen LogP contribution in [0.5, 0.6) is 11.5 Å². The Bertz CT molecular complexity index is 876. The predicted molar refractivity (Wildman–Crippen MR) is 101 cm³/mol. The largest absolute Gasteiger partial charge is 0.493 e. The number of ether oxygens (including phenoxy) is 2. The van der Waals surface area contributed by atoms with Gasteiger partial charge in [-0.1, -0.05) is 0 Å². The van der Waals surface area contributed by atoms with E-state index in [2.05, 4.69) is 14.9 Å². The Morgan fingerprint density at radius 3 is 2.31 bits per heavy atom. The number of carbonyl (C=O) groups is 1. The highest BCUT2D eigenvalue weighted by Crippen LogP contribution is 2.37. The van der Waals surface area contributed by atoms with Crippen LogP contribution in [-0.2, 0) is 4.79 Å². The summed E-state index contributed by atoms with van der Waals surface area (Å²) in [6.07, 6.45) is -4.05. The van der Waals surface area contributed by atoms with Crippen LogP contribution in [-0.4, -0.2) is 61.1 Å². The van der Waals surface area contributed by atoms with E-state index < -0.39 is 12.1 Å². The number of halogens is 4. The van der Waals surface area contributed by atoms with Gasteiger partial charge in [0.2, 0.25) is 5.28 Å². The van der Waals surface area contributed by atoms with Gasteiger partial charge >= 0.3 is 12.1 Å². The van der Waals surface area contributed by atoms with Crippen LogP contribution in [0.2, 0.25) is 5.28 Å². The molecule has 12 heteroatoms. The first kappa shape index (κ1) is 22.8. The molecule has 29 heavy (non-hydrogen) atoms. The molecule has 1 aliphatic rings. The normalized spacial score (nSPS) is 14.1. The van der Waals surface area contributed by atoms with E-state index in [-0.39, 0.29) is 5.28 Å². The summed E-state index contributed by atoms with van der Waals surface area (Å²) in [6, 6.07) is 3.72. The van der Waals surface area contributed by atoms with Gasteiger partial charge in [-0.2, -0.15) is 18.2 Å². The maximum Gasteiger partial charge on any atom is 0.490 e. The minimum atomic E-state index is -5.08. The third-order valence-electron chi connectivity index (χ3n) is 4.23. The van der Waals surface area contributed by atoms with Crippen LogP contribution in [0.15, 0.2) is 12.1 Å². The minimum Gasteiger partial charge on any atom is -0.493 e. The van der Waals surface area contributed by atoms with Crippen molar-refractivity contribution in [3.8, 4) is 11.5 Å². The van der Waals surface area contributed by atoms with Crippen molar-refractivity contribution < 1.29 is 32.5 Å². The number of aliphatic carboxylic acids is 1. The summed E-state index contributed by atoms with van der Waals surface area (Å²) in [5.41, 5.74) is 6.36. The highest BCUT2D eigenvalue weighted by atomic mass is 35.5. The van der Waals surface area contributed by atoms with Gasteiger partial charge in [-0.3, -0.25) is 0 Å². The summed E-state index contributed by atoms with van der Waals surface area (Å²) in [4.78, 5) is 19.8. The third kappa shape index (κ3) is 5.51. The van der Waals surface area contributed by atoms with Crippen molar-refractivity contribution in [2.45, 2.75) is 12.6 Å². The molecule has 160 valence electrons. The first-order valence-electron chi connectivity index (χ1n) is 8.45. The second-order valence-corrected chi connectivity index (χ2v) is 6.53. The van der Waals surface area contributed by atoms with Gasteiger partial charge in [-0.05, 0) is 36.6 Å². The number of anilines is 1. The van der Waals surface area contributed by atoms with E-state index in [1.54, 1.807) is 14.2 Å². The fourth-order valence-electron chi connectivity index (χ4n) is 2.81. The number of nitrogens with zero attached hydrogens (tertiary/aromatic N) is 3. The molecule has 2 aromatic rings. The van der Waals surface area contributed by atoms with E-state index in [4.69, 9.17) is 36.7 Å². The van der Waals surface area contributed by atoms with Crippen LogP contribution in [0, 0.1) is 5.92 Å². The topological polar surface area (TPSA) is 111 Å². The molecule has 1 saturated heterocycles. The average molecular weight is 437 g/mol. The Balaban J connectivity index is 0.000000370. The Morgan fingerprint density at radius 2 is 1.83 bits per heavy atom.